The fourth-order valence-electron chi connectivity index (χ4n) is 7.06. The fourth-order valence-corrected chi connectivity index (χ4v) is 9.25. The molecular formula is C28H45N3O4S. The van der Waals surface area contributed by atoms with Crippen molar-refractivity contribution in [3.63, 3.8) is 0 Å². The predicted molar refractivity (Wildman–Crippen MR) is 145 cm³/mol. The van der Waals surface area contributed by atoms with E-state index in [1.54, 1.807) is 47.7 Å². The Hall–Kier alpha value is -1.80. The van der Waals surface area contributed by atoms with Crippen LogP contribution in [-0.2, 0) is 14.4 Å². The van der Waals surface area contributed by atoms with Gasteiger partial charge < -0.3 is 19.8 Å². The third kappa shape index (κ3) is 4.75. The highest BCUT2D eigenvalue weighted by Crippen LogP contribution is 2.67. The Balaban J connectivity index is 2.09. The van der Waals surface area contributed by atoms with Crippen molar-refractivity contribution in [3.05, 3.63) is 25.3 Å². The van der Waals surface area contributed by atoms with Crippen LogP contribution < -0.4 is 0 Å². The minimum Gasteiger partial charge on any atom is -0.394 e. The van der Waals surface area contributed by atoms with Gasteiger partial charge in [-0.25, -0.2) is 0 Å². The molecule has 3 amide bonds. The van der Waals surface area contributed by atoms with Gasteiger partial charge in [0.15, 0.2) is 0 Å². The van der Waals surface area contributed by atoms with E-state index < -0.39 is 34.2 Å². The third-order valence-electron chi connectivity index (χ3n) is 8.05. The molecule has 8 heteroatoms. The second-order valence-corrected chi connectivity index (χ2v) is 14.2. The van der Waals surface area contributed by atoms with E-state index >= 15 is 0 Å². The van der Waals surface area contributed by atoms with Crippen LogP contribution in [0.5, 0.6) is 0 Å². The number of carbonyl (C=O) groups excluding carboxylic acids is 3. The summed E-state index contributed by atoms with van der Waals surface area (Å²) in [6, 6.07) is -1.25. The zero-order chi connectivity index (χ0) is 27.2. The van der Waals surface area contributed by atoms with E-state index in [4.69, 9.17) is 0 Å². The molecule has 3 fully saturated rings. The number of hydrogen-bond donors (Lipinski definition) is 1. The maximum Gasteiger partial charge on any atom is 0.247 e. The summed E-state index contributed by atoms with van der Waals surface area (Å²) in [5.74, 6) is -1.39. The summed E-state index contributed by atoms with van der Waals surface area (Å²) >= 11 is 1.66. The lowest BCUT2D eigenvalue weighted by molar-refractivity contribution is -0.149. The standard InChI is InChI=1S/C28H45N3O4S/c1-10-14-29(9)23(33)20-19-12-13-28(36-19)21(20)24(34)31(18(3)16-32)22(28)25(35)30(15-11-2)27(7,8)17-26(4,5)6/h10-11,18-22,32H,1-2,12-17H2,3-9H3/t18-,19+,20-,21+,22?,28?/m1/s1. The molecule has 0 saturated carbocycles. The van der Waals surface area contributed by atoms with Gasteiger partial charge in [0.05, 0.1) is 29.2 Å². The van der Waals surface area contributed by atoms with Crippen LogP contribution in [0.1, 0.15) is 60.8 Å². The Bertz CT molecular complexity index is 913. The smallest absolute Gasteiger partial charge is 0.247 e. The van der Waals surface area contributed by atoms with Crippen molar-refractivity contribution in [2.75, 3.05) is 26.7 Å². The monoisotopic (exact) mass is 519 g/mol. The summed E-state index contributed by atoms with van der Waals surface area (Å²) in [6.07, 6.45) is 5.70. The van der Waals surface area contributed by atoms with Crippen LogP contribution in [0.4, 0.5) is 0 Å². The molecule has 36 heavy (non-hydrogen) atoms. The number of nitrogens with zero attached hydrogens (tertiary/aromatic N) is 3. The molecule has 3 heterocycles. The molecular weight excluding hydrogens is 474 g/mol. The molecule has 3 saturated heterocycles. The van der Waals surface area contributed by atoms with Crippen LogP contribution in [0.15, 0.2) is 25.3 Å². The van der Waals surface area contributed by atoms with E-state index in [-0.39, 0.29) is 35.0 Å². The summed E-state index contributed by atoms with van der Waals surface area (Å²) in [4.78, 5) is 47.3. The van der Waals surface area contributed by atoms with E-state index in [0.717, 1.165) is 12.8 Å². The topological polar surface area (TPSA) is 81.2 Å². The quantitative estimate of drug-likeness (QED) is 0.448. The van der Waals surface area contributed by atoms with Gasteiger partial charge in [-0.2, -0.15) is 0 Å². The first-order valence-electron chi connectivity index (χ1n) is 13.1. The molecule has 3 aliphatic heterocycles. The largest absolute Gasteiger partial charge is 0.394 e. The highest BCUT2D eigenvalue weighted by Gasteiger charge is 2.74. The lowest BCUT2D eigenvalue weighted by Crippen LogP contribution is -2.61. The third-order valence-corrected chi connectivity index (χ3v) is 10.00. The lowest BCUT2D eigenvalue weighted by atomic mass is 9.70. The number of amides is 3. The molecule has 0 radical (unpaired) electrons. The van der Waals surface area contributed by atoms with Crippen LogP contribution in [0, 0.1) is 17.3 Å². The number of fused-ring (bicyclic) bond motifs is 1. The van der Waals surface area contributed by atoms with E-state index in [0.29, 0.717) is 19.5 Å². The molecule has 0 aliphatic carbocycles. The second kappa shape index (κ2) is 10.2. The zero-order valence-corrected chi connectivity index (χ0v) is 23.9. The van der Waals surface area contributed by atoms with Gasteiger partial charge in [-0.3, -0.25) is 14.4 Å². The van der Waals surface area contributed by atoms with Crippen molar-refractivity contribution in [2.24, 2.45) is 17.3 Å². The molecule has 1 N–H and O–H groups in total. The van der Waals surface area contributed by atoms with Crippen molar-refractivity contribution in [2.45, 2.75) is 88.4 Å². The number of hydrogen-bond acceptors (Lipinski definition) is 5. The van der Waals surface area contributed by atoms with Crippen LogP contribution in [0.2, 0.25) is 0 Å². The number of likely N-dealkylation sites (tertiary alicyclic amines) is 1. The van der Waals surface area contributed by atoms with Gasteiger partial charge in [0.25, 0.3) is 0 Å². The highest BCUT2D eigenvalue weighted by atomic mass is 32.2. The summed E-state index contributed by atoms with van der Waals surface area (Å²) in [6.45, 7) is 20.6. The predicted octanol–water partition coefficient (Wildman–Crippen LogP) is 3.33. The Morgan fingerprint density at radius 2 is 1.81 bits per heavy atom. The van der Waals surface area contributed by atoms with Gasteiger partial charge in [0.1, 0.15) is 6.04 Å². The maximum absolute atomic E-state index is 14.6. The Kier molecular flexibility index (Phi) is 8.12. The molecule has 202 valence electrons. The van der Waals surface area contributed by atoms with Gasteiger partial charge in [-0.15, -0.1) is 24.9 Å². The number of carbonyl (C=O) groups is 3. The Morgan fingerprint density at radius 1 is 1.19 bits per heavy atom. The Labute approximate surface area is 221 Å². The summed E-state index contributed by atoms with van der Waals surface area (Å²) < 4.78 is -0.672. The lowest BCUT2D eigenvalue weighted by Gasteiger charge is -2.46. The van der Waals surface area contributed by atoms with Gasteiger partial charge in [0, 0.05) is 30.9 Å². The van der Waals surface area contributed by atoms with Crippen molar-refractivity contribution in [3.8, 4) is 0 Å². The van der Waals surface area contributed by atoms with Crippen LogP contribution in [0.3, 0.4) is 0 Å². The molecule has 6 atom stereocenters. The average Bonchev–Trinajstić information content (AvgIpc) is 3.41. The van der Waals surface area contributed by atoms with E-state index in [9.17, 15) is 19.5 Å². The van der Waals surface area contributed by atoms with Gasteiger partial charge >= 0.3 is 0 Å². The van der Waals surface area contributed by atoms with E-state index in [1.165, 1.54) is 0 Å². The summed E-state index contributed by atoms with van der Waals surface area (Å²) in [5, 5.41) is 10.1. The van der Waals surface area contributed by atoms with Crippen LogP contribution in [0.25, 0.3) is 0 Å². The van der Waals surface area contributed by atoms with Crippen LogP contribution >= 0.6 is 11.8 Å². The van der Waals surface area contributed by atoms with Crippen molar-refractivity contribution < 1.29 is 19.5 Å². The SMILES string of the molecule is C=CCN(C)C(=O)[C@@H]1[C@@H]2CCC3(S2)C(C(=O)N(CC=C)C(C)(C)CC(C)(C)C)N([C@H](C)CO)C(=O)[C@H]13. The van der Waals surface area contributed by atoms with Crippen LogP contribution in [-0.4, -0.2) is 91.9 Å². The van der Waals surface area contributed by atoms with E-state index in [1.807, 2.05) is 4.90 Å². The molecule has 7 nitrogen and oxygen atoms in total. The molecule has 0 aromatic heterocycles. The molecule has 2 unspecified atom stereocenters. The first-order chi connectivity index (χ1) is 16.7. The molecule has 1 spiro atoms. The first-order valence-corrected chi connectivity index (χ1v) is 13.9. The van der Waals surface area contributed by atoms with Crippen molar-refractivity contribution in [1.82, 2.24) is 14.7 Å². The fraction of sp³-hybridized carbons (Fsp3) is 0.750. The number of thioether (sulfide) groups is 1. The van der Waals surface area contributed by atoms with Crippen molar-refractivity contribution >= 4 is 29.5 Å². The molecule has 2 bridgehead atoms. The summed E-state index contributed by atoms with van der Waals surface area (Å²) in [7, 11) is 1.74. The minimum atomic E-state index is -0.728. The normalized spacial score (nSPS) is 30.2. The Morgan fingerprint density at radius 3 is 2.33 bits per heavy atom. The van der Waals surface area contributed by atoms with Gasteiger partial charge in [-0.1, -0.05) is 32.9 Å². The number of rotatable bonds is 10. The molecule has 0 aromatic rings. The minimum absolute atomic E-state index is 0.0102. The van der Waals surface area contributed by atoms with Gasteiger partial charge in [-0.05, 0) is 45.4 Å². The average molecular weight is 520 g/mol. The molecule has 3 rings (SSSR count). The first kappa shape index (κ1) is 28.8. The van der Waals surface area contributed by atoms with E-state index in [2.05, 4.69) is 47.8 Å². The molecule has 3 aliphatic rings. The number of aliphatic hydroxyl groups excluding tert-OH is 1. The second-order valence-electron chi connectivity index (χ2n) is 12.6. The molecule has 0 aromatic carbocycles. The number of aliphatic hydroxyl groups is 1. The van der Waals surface area contributed by atoms with Gasteiger partial charge in [0.2, 0.25) is 17.7 Å². The number of likely N-dealkylation sites (N-methyl/N-ethyl adjacent to an activating group) is 1. The maximum atomic E-state index is 14.6. The van der Waals surface area contributed by atoms with Crippen molar-refractivity contribution in [1.29, 1.82) is 0 Å². The summed E-state index contributed by atoms with van der Waals surface area (Å²) in [5.41, 5.74) is -0.489. The zero-order valence-electron chi connectivity index (χ0n) is 23.1. The highest BCUT2D eigenvalue weighted by molar-refractivity contribution is 8.02.